The third-order valence-electron chi connectivity index (χ3n) is 2.30. The number of alkyl halides is 2. The Morgan fingerprint density at radius 3 is 2.47 bits per heavy atom. The first-order valence-corrected chi connectivity index (χ1v) is 5.26. The van der Waals surface area contributed by atoms with Crippen molar-refractivity contribution in [2.24, 2.45) is 0 Å². The van der Waals surface area contributed by atoms with E-state index in [1.807, 2.05) is 25.8 Å². The molecule has 1 aliphatic heterocycles. The van der Waals surface area contributed by atoms with Crippen molar-refractivity contribution in [3.05, 3.63) is 0 Å². The molecule has 0 aliphatic carbocycles. The van der Waals surface area contributed by atoms with Gasteiger partial charge in [0, 0.05) is 19.7 Å². The monoisotopic (exact) mass is 225 g/mol. The summed E-state index contributed by atoms with van der Waals surface area (Å²) in [7, 11) is 3.49. The van der Waals surface area contributed by atoms with Gasteiger partial charge in [0.25, 0.3) is 0 Å². The van der Waals surface area contributed by atoms with Crippen LogP contribution in [0.25, 0.3) is 0 Å². The molecule has 0 spiro atoms. The summed E-state index contributed by atoms with van der Waals surface area (Å²) in [5.41, 5.74) is 0. The van der Waals surface area contributed by atoms with Crippen molar-refractivity contribution in [2.75, 3.05) is 27.3 Å². The van der Waals surface area contributed by atoms with Crippen LogP contribution in [0, 0.1) is 0 Å². The topological polar surface area (TPSA) is 21.7 Å². The van der Waals surface area contributed by atoms with Crippen molar-refractivity contribution < 1.29 is 18.3 Å². The number of halogens is 2. The van der Waals surface area contributed by atoms with Gasteiger partial charge in [0.05, 0.1) is 12.7 Å². The Hall–Kier alpha value is -0.260. The molecule has 0 N–H and O–H groups in total. The predicted molar refractivity (Wildman–Crippen MR) is 55.1 cm³/mol. The fraction of sp³-hybridized carbons (Fsp3) is 1.00. The van der Waals surface area contributed by atoms with Crippen molar-refractivity contribution in [1.29, 1.82) is 0 Å². The van der Waals surface area contributed by atoms with Gasteiger partial charge in [-0.05, 0) is 13.5 Å². The summed E-state index contributed by atoms with van der Waals surface area (Å²) in [6.45, 7) is 2.46. The van der Waals surface area contributed by atoms with Crippen molar-refractivity contribution in [3.63, 3.8) is 0 Å². The van der Waals surface area contributed by atoms with Crippen LogP contribution in [0.1, 0.15) is 20.3 Å². The number of likely N-dealkylation sites (tertiary alicyclic amines) is 1. The van der Waals surface area contributed by atoms with Crippen molar-refractivity contribution in [2.45, 2.75) is 39.0 Å². The van der Waals surface area contributed by atoms with Crippen molar-refractivity contribution in [1.82, 2.24) is 4.90 Å². The van der Waals surface area contributed by atoms with Gasteiger partial charge in [-0.3, -0.25) is 4.90 Å². The molecule has 0 radical (unpaired) electrons. The largest absolute Gasteiger partial charge is 0.383 e. The lowest BCUT2D eigenvalue weighted by atomic mass is 10.2. The number of hydrogen-bond acceptors (Lipinski definition) is 3. The van der Waals surface area contributed by atoms with Gasteiger partial charge < -0.3 is 9.47 Å². The highest BCUT2D eigenvalue weighted by molar-refractivity contribution is 4.83. The Balaban J connectivity index is 0.000000921. The Kier molecular flexibility index (Phi) is 7.82. The van der Waals surface area contributed by atoms with E-state index in [2.05, 4.69) is 4.74 Å². The lowest BCUT2D eigenvalue weighted by molar-refractivity contribution is -0.158. The average molecular weight is 225 g/mol. The van der Waals surface area contributed by atoms with E-state index in [1.54, 1.807) is 7.11 Å². The highest BCUT2D eigenvalue weighted by Crippen LogP contribution is 2.20. The fourth-order valence-corrected chi connectivity index (χ4v) is 1.66. The van der Waals surface area contributed by atoms with Crippen LogP contribution < -0.4 is 0 Å². The first kappa shape index (κ1) is 14.7. The first-order valence-electron chi connectivity index (χ1n) is 5.26. The summed E-state index contributed by atoms with van der Waals surface area (Å²) in [4.78, 5) is 1.98. The molecule has 15 heavy (non-hydrogen) atoms. The molecule has 1 rings (SSSR count). The van der Waals surface area contributed by atoms with E-state index < -0.39 is 6.61 Å². The minimum absolute atomic E-state index is 0.203. The van der Waals surface area contributed by atoms with Gasteiger partial charge >= 0.3 is 6.61 Å². The van der Waals surface area contributed by atoms with Crippen molar-refractivity contribution >= 4 is 0 Å². The summed E-state index contributed by atoms with van der Waals surface area (Å²) >= 11 is 0. The second kappa shape index (κ2) is 7.96. The van der Waals surface area contributed by atoms with Crippen LogP contribution in [0.2, 0.25) is 0 Å². The molecule has 0 aromatic heterocycles. The highest BCUT2D eigenvalue weighted by atomic mass is 19.3. The quantitative estimate of drug-likeness (QED) is 0.730. The molecule has 1 heterocycles. The number of methoxy groups -OCH3 is 1. The Morgan fingerprint density at radius 2 is 2.00 bits per heavy atom. The van der Waals surface area contributed by atoms with Crippen LogP contribution in [-0.4, -0.2) is 51.0 Å². The van der Waals surface area contributed by atoms with Gasteiger partial charge in [0.15, 0.2) is 0 Å². The van der Waals surface area contributed by atoms with Gasteiger partial charge in [-0.2, -0.15) is 8.78 Å². The minimum Gasteiger partial charge on any atom is -0.383 e. The third kappa shape index (κ3) is 5.39. The van der Waals surface area contributed by atoms with E-state index in [1.165, 1.54) is 0 Å². The average Bonchev–Trinajstić information content (AvgIpc) is 2.50. The van der Waals surface area contributed by atoms with E-state index in [0.29, 0.717) is 19.6 Å². The maximum atomic E-state index is 11.9. The van der Waals surface area contributed by atoms with Gasteiger partial charge in [0.2, 0.25) is 0 Å². The first-order chi connectivity index (χ1) is 7.13. The summed E-state index contributed by atoms with van der Waals surface area (Å²) in [5, 5.41) is 0. The molecule has 0 bridgehead atoms. The van der Waals surface area contributed by atoms with E-state index in [9.17, 15) is 8.78 Å². The van der Waals surface area contributed by atoms with E-state index in [4.69, 9.17) is 4.74 Å². The molecule has 1 fully saturated rings. The minimum atomic E-state index is -2.67. The standard InChI is InChI=1S/C8H15F2NO2.C2H6/c1-11-4-7(13-8(9)10)3-6(11)5-12-2;1-2/h6-8H,3-5H2,1-2H3;1-2H3. The van der Waals surface area contributed by atoms with Crippen LogP contribution >= 0.6 is 0 Å². The number of rotatable bonds is 4. The summed E-state index contributed by atoms with van der Waals surface area (Å²) in [6.07, 6.45) is 0.263. The molecule has 92 valence electrons. The Bertz CT molecular complexity index is 158. The molecule has 0 amide bonds. The maximum Gasteiger partial charge on any atom is 0.345 e. The lowest BCUT2D eigenvalue weighted by Gasteiger charge is -2.16. The van der Waals surface area contributed by atoms with Gasteiger partial charge in [-0.15, -0.1) is 0 Å². The molecule has 5 heteroatoms. The number of hydrogen-bond donors (Lipinski definition) is 0. The predicted octanol–water partition coefficient (Wildman–Crippen LogP) is 1.97. The molecule has 1 aliphatic rings. The van der Waals surface area contributed by atoms with E-state index >= 15 is 0 Å². The highest BCUT2D eigenvalue weighted by Gasteiger charge is 2.31. The Labute approximate surface area is 90.3 Å². The Morgan fingerprint density at radius 1 is 1.40 bits per heavy atom. The van der Waals surface area contributed by atoms with Gasteiger partial charge in [-0.25, -0.2) is 0 Å². The van der Waals surface area contributed by atoms with Crippen LogP contribution in [0.5, 0.6) is 0 Å². The van der Waals surface area contributed by atoms with E-state index in [0.717, 1.165) is 0 Å². The van der Waals surface area contributed by atoms with Crippen LogP contribution in [0.4, 0.5) is 8.78 Å². The zero-order chi connectivity index (χ0) is 11.8. The molecule has 1 saturated heterocycles. The van der Waals surface area contributed by atoms with Crippen LogP contribution in [-0.2, 0) is 9.47 Å². The molecule has 0 aromatic rings. The van der Waals surface area contributed by atoms with Crippen molar-refractivity contribution in [3.8, 4) is 0 Å². The third-order valence-corrected chi connectivity index (χ3v) is 2.30. The maximum absolute atomic E-state index is 11.9. The fourth-order valence-electron chi connectivity index (χ4n) is 1.66. The number of ether oxygens (including phenoxy) is 2. The second-order valence-corrected chi connectivity index (χ2v) is 3.30. The molecular formula is C10H21F2NO2. The smallest absolute Gasteiger partial charge is 0.345 e. The molecule has 0 saturated carbocycles. The molecule has 3 nitrogen and oxygen atoms in total. The molecule has 0 aromatic carbocycles. The number of nitrogens with zero attached hydrogens (tertiary/aromatic N) is 1. The van der Waals surface area contributed by atoms with Crippen LogP contribution in [0.15, 0.2) is 0 Å². The van der Waals surface area contributed by atoms with Crippen LogP contribution in [0.3, 0.4) is 0 Å². The summed E-state index contributed by atoms with van der Waals surface area (Å²) in [6, 6.07) is 0.203. The van der Waals surface area contributed by atoms with Gasteiger partial charge in [-0.1, -0.05) is 13.8 Å². The van der Waals surface area contributed by atoms with Gasteiger partial charge in [0.1, 0.15) is 0 Å². The summed E-state index contributed by atoms with van der Waals surface area (Å²) < 4.78 is 33.1. The number of likely N-dealkylation sites (N-methyl/N-ethyl adjacent to an activating group) is 1. The normalized spacial score (nSPS) is 26.6. The molecule has 2 unspecified atom stereocenters. The zero-order valence-electron chi connectivity index (χ0n) is 9.87. The molecule has 2 atom stereocenters. The zero-order valence-corrected chi connectivity index (χ0v) is 9.87. The summed E-state index contributed by atoms with van der Waals surface area (Å²) in [5.74, 6) is 0. The SMILES string of the molecule is CC.COCC1CC(OC(F)F)CN1C. The molecular weight excluding hydrogens is 204 g/mol. The lowest BCUT2D eigenvalue weighted by Crippen LogP contribution is -2.29. The van der Waals surface area contributed by atoms with E-state index in [-0.39, 0.29) is 12.1 Å². The second-order valence-electron chi connectivity index (χ2n) is 3.30.